The van der Waals surface area contributed by atoms with Crippen LogP contribution in [0.4, 0.5) is 0 Å². The molecule has 0 fully saturated rings. The van der Waals surface area contributed by atoms with E-state index in [9.17, 15) is 0 Å². The second-order valence-corrected chi connectivity index (χ2v) is 13.0. The molecule has 0 saturated carbocycles. The van der Waals surface area contributed by atoms with Gasteiger partial charge in [0.25, 0.3) is 0 Å². The highest BCUT2D eigenvalue weighted by molar-refractivity contribution is 6.07. The summed E-state index contributed by atoms with van der Waals surface area (Å²) in [5.41, 5.74) is 14.0. The minimum Gasteiger partial charge on any atom is -0.456 e. The Labute approximate surface area is 301 Å². The van der Waals surface area contributed by atoms with Crippen LogP contribution in [0.5, 0.6) is 0 Å². The molecule has 248 valence electrons. The first kappa shape index (κ1) is 31.2. The van der Waals surface area contributed by atoms with Crippen LogP contribution < -0.4 is 10.6 Å². The molecule has 9 aromatic rings. The first-order valence-electron chi connectivity index (χ1n) is 17.5. The van der Waals surface area contributed by atoms with Crippen LogP contribution in [0, 0.1) is 6.92 Å². The van der Waals surface area contributed by atoms with Crippen LogP contribution in [-0.4, -0.2) is 9.97 Å². The third-order valence-electron chi connectivity index (χ3n) is 9.78. The monoisotopic (exact) mass is 670 g/mol. The van der Waals surface area contributed by atoms with Crippen molar-refractivity contribution in [3.8, 4) is 44.6 Å². The number of allylic oxidation sites excluding steroid dienone is 2. The van der Waals surface area contributed by atoms with Crippen LogP contribution in [0.15, 0.2) is 161 Å². The topological polar surface area (TPSA) is 52.1 Å². The molecule has 3 aromatic heterocycles. The Kier molecular flexibility index (Phi) is 7.71. The summed E-state index contributed by atoms with van der Waals surface area (Å²) < 4.78 is 13.2. The second-order valence-electron chi connectivity index (χ2n) is 13.0. The van der Waals surface area contributed by atoms with Crippen molar-refractivity contribution in [3.05, 3.63) is 174 Å². The Bertz CT molecular complexity index is 2930. The van der Waals surface area contributed by atoms with E-state index in [0.717, 1.165) is 82.9 Å². The molecule has 0 spiro atoms. The molecule has 0 bridgehead atoms. The van der Waals surface area contributed by atoms with Crippen LogP contribution in [0.25, 0.3) is 95.9 Å². The maximum absolute atomic E-state index is 6.71. The van der Waals surface area contributed by atoms with Gasteiger partial charge in [-0.05, 0) is 89.2 Å². The van der Waals surface area contributed by atoms with Gasteiger partial charge >= 0.3 is 0 Å². The largest absolute Gasteiger partial charge is 0.456 e. The summed E-state index contributed by atoms with van der Waals surface area (Å²) in [6, 6.07) is 50.0. The normalized spacial score (nSPS) is 12.3. The lowest BCUT2D eigenvalue weighted by Gasteiger charge is -2.10. The van der Waals surface area contributed by atoms with Crippen molar-refractivity contribution in [2.45, 2.75) is 13.8 Å². The van der Waals surface area contributed by atoms with E-state index in [4.69, 9.17) is 18.8 Å². The molecule has 4 heteroatoms. The lowest BCUT2D eigenvalue weighted by molar-refractivity contribution is 0.576. The van der Waals surface area contributed by atoms with Crippen molar-refractivity contribution < 1.29 is 8.83 Å². The minimum atomic E-state index is 0.575. The highest BCUT2D eigenvalue weighted by Crippen LogP contribution is 2.37. The van der Waals surface area contributed by atoms with Gasteiger partial charge in [0.2, 0.25) is 0 Å². The summed E-state index contributed by atoms with van der Waals surface area (Å²) in [7, 11) is 0. The predicted molar refractivity (Wildman–Crippen MR) is 215 cm³/mol. The number of fused-ring (bicyclic) bond motifs is 4. The van der Waals surface area contributed by atoms with Crippen LogP contribution >= 0.6 is 0 Å². The van der Waals surface area contributed by atoms with Gasteiger partial charge in [-0.1, -0.05) is 128 Å². The first-order valence-corrected chi connectivity index (χ1v) is 17.5. The smallest absolute Gasteiger partial charge is 0.180 e. The molecule has 0 unspecified atom stereocenters. The van der Waals surface area contributed by atoms with Crippen molar-refractivity contribution in [2.75, 3.05) is 0 Å². The number of hydrogen-bond donors (Lipinski definition) is 0. The highest BCUT2D eigenvalue weighted by atomic mass is 16.3. The second kappa shape index (κ2) is 12.8. The van der Waals surface area contributed by atoms with Gasteiger partial charge in [0.15, 0.2) is 11.4 Å². The van der Waals surface area contributed by atoms with E-state index >= 15 is 0 Å². The Morgan fingerprint density at radius 1 is 0.596 bits per heavy atom. The molecule has 0 amide bonds. The number of para-hydroxylation sites is 1. The molecule has 0 radical (unpaired) electrons. The van der Waals surface area contributed by atoms with E-state index in [-0.39, 0.29) is 0 Å². The molecule has 52 heavy (non-hydrogen) atoms. The van der Waals surface area contributed by atoms with Gasteiger partial charge in [-0.3, -0.25) is 0 Å². The minimum absolute atomic E-state index is 0.575. The number of aromatic nitrogens is 2. The zero-order valence-corrected chi connectivity index (χ0v) is 28.9. The van der Waals surface area contributed by atoms with Gasteiger partial charge in [0.05, 0.1) is 0 Å². The first-order chi connectivity index (χ1) is 25.6. The molecular weight excluding hydrogens is 637 g/mol. The van der Waals surface area contributed by atoms with E-state index in [0.29, 0.717) is 16.8 Å². The summed E-state index contributed by atoms with van der Waals surface area (Å²) in [6.45, 7) is 8.73. The standard InChI is InChI=1S/C48H34N2O2/c1-4-32(28-42-31(3)44-40(38-23-12-11-16-30(38)2)27-37(29-43(44)51-42)34-19-9-6-10-20-34)48-49-45(47-46(50-48)39-24-13-14-25-41(39)52-47)36-22-15-21-35(26-36)33-17-7-5-8-18-33/h4-29H,3H2,1-2H3/b32-4+,42-28+. The third kappa shape index (κ3) is 5.42. The van der Waals surface area contributed by atoms with E-state index in [2.05, 4.69) is 123 Å². The molecule has 0 aliphatic heterocycles. The van der Waals surface area contributed by atoms with Crippen molar-refractivity contribution >= 4 is 51.3 Å². The summed E-state index contributed by atoms with van der Waals surface area (Å²) >= 11 is 0. The lowest BCUT2D eigenvalue weighted by atomic mass is 9.93. The SMILES string of the molecule is C=c1/c(=C\C(=C/C)c2nc(-c3cccc(-c4ccccc4)c3)c3oc4ccccc4c3n2)oc2cc(-c3ccccc3)cc(-c3ccccc3C)c12. The number of hydrogen-bond acceptors (Lipinski definition) is 4. The fourth-order valence-electron chi connectivity index (χ4n) is 7.12. The van der Waals surface area contributed by atoms with E-state index < -0.39 is 0 Å². The zero-order chi connectivity index (χ0) is 35.2. The number of rotatable bonds is 6. The Balaban J connectivity index is 1.26. The Hall–Kier alpha value is -6.78. The Morgan fingerprint density at radius 2 is 1.27 bits per heavy atom. The van der Waals surface area contributed by atoms with Gasteiger partial charge < -0.3 is 8.83 Å². The molecule has 6 aromatic carbocycles. The summed E-state index contributed by atoms with van der Waals surface area (Å²) in [4.78, 5) is 10.4. The summed E-state index contributed by atoms with van der Waals surface area (Å²) in [5.74, 6) is 0.575. The maximum Gasteiger partial charge on any atom is 0.180 e. The fourth-order valence-corrected chi connectivity index (χ4v) is 7.12. The number of nitrogens with zero attached hydrogens (tertiary/aromatic N) is 2. The van der Waals surface area contributed by atoms with E-state index in [1.807, 2.05) is 55.5 Å². The zero-order valence-electron chi connectivity index (χ0n) is 28.9. The molecule has 9 rings (SSSR count). The van der Waals surface area contributed by atoms with Gasteiger partial charge in [-0.15, -0.1) is 0 Å². The number of furan rings is 2. The van der Waals surface area contributed by atoms with Crippen molar-refractivity contribution in [1.29, 1.82) is 0 Å². The van der Waals surface area contributed by atoms with Gasteiger partial charge in [-0.2, -0.15) is 0 Å². The number of benzene rings is 6. The van der Waals surface area contributed by atoms with Crippen LogP contribution in [0.3, 0.4) is 0 Å². The molecule has 3 heterocycles. The average molecular weight is 671 g/mol. The van der Waals surface area contributed by atoms with Crippen LogP contribution in [0.2, 0.25) is 0 Å². The van der Waals surface area contributed by atoms with Gasteiger partial charge in [0.1, 0.15) is 27.8 Å². The summed E-state index contributed by atoms with van der Waals surface area (Å²) in [5, 5.41) is 2.75. The Morgan fingerprint density at radius 3 is 2.04 bits per heavy atom. The van der Waals surface area contributed by atoms with E-state index in [1.54, 1.807) is 0 Å². The molecule has 0 N–H and O–H groups in total. The maximum atomic E-state index is 6.71. The van der Waals surface area contributed by atoms with Gasteiger partial charge in [-0.25, -0.2) is 9.97 Å². The van der Waals surface area contributed by atoms with Crippen LogP contribution in [0.1, 0.15) is 18.3 Å². The van der Waals surface area contributed by atoms with Crippen LogP contribution in [-0.2, 0) is 0 Å². The lowest BCUT2D eigenvalue weighted by Crippen LogP contribution is -2.18. The van der Waals surface area contributed by atoms with Crippen molar-refractivity contribution in [3.63, 3.8) is 0 Å². The highest BCUT2D eigenvalue weighted by Gasteiger charge is 2.20. The molecule has 4 nitrogen and oxygen atoms in total. The average Bonchev–Trinajstić information content (AvgIpc) is 3.73. The van der Waals surface area contributed by atoms with E-state index in [1.165, 1.54) is 5.56 Å². The third-order valence-corrected chi connectivity index (χ3v) is 9.78. The van der Waals surface area contributed by atoms with Gasteiger partial charge in [0, 0.05) is 27.1 Å². The molecule has 0 aliphatic carbocycles. The number of aryl methyl sites for hydroxylation is 1. The summed E-state index contributed by atoms with van der Waals surface area (Å²) in [6.07, 6.45) is 4.04. The molecule has 0 atom stereocenters. The molecular formula is C48H34N2O2. The fraction of sp³-hybridized carbons (Fsp3) is 0.0417. The predicted octanol–water partition coefficient (Wildman–Crippen LogP) is 11.4. The molecule has 0 saturated heterocycles. The molecule has 0 aliphatic rings. The van der Waals surface area contributed by atoms with Crippen molar-refractivity contribution in [2.24, 2.45) is 0 Å². The quantitative estimate of drug-likeness (QED) is 0.177. The van der Waals surface area contributed by atoms with Crippen molar-refractivity contribution in [1.82, 2.24) is 9.97 Å².